The molecule has 6 aromatic rings. The molecule has 0 atom stereocenters. The number of fused-ring (bicyclic) bond motifs is 3. The number of halogens is 6. The van der Waals surface area contributed by atoms with E-state index >= 15 is 26.3 Å². The molecule has 0 spiro atoms. The van der Waals surface area contributed by atoms with Crippen molar-refractivity contribution in [1.82, 2.24) is 0 Å². The molecule has 10 heteroatoms. The van der Waals surface area contributed by atoms with Gasteiger partial charge in [0.05, 0.1) is 12.7 Å². The Balaban J connectivity index is 1.47. The fourth-order valence-electron chi connectivity index (χ4n) is 6.49. The average Bonchev–Trinajstić information content (AvgIpc) is 3.58. The quantitative estimate of drug-likeness (QED) is 0.0785. The van der Waals surface area contributed by atoms with Crippen LogP contribution in [0.5, 0.6) is 0 Å². The summed E-state index contributed by atoms with van der Waals surface area (Å²) in [5.74, 6) is -16.6. The number of rotatable bonds is 5. The minimum atomic E-state index is -5.67. The Kier molecular flexibility index (Phi) is 7.18. The molecule has 0 saturated heterocycles. The van der Waals surface area contributed by atoms with Gasteiger partial charge in [0.25, 0.3) is 0 Å². The highest BCUT2D eigenvalue weighted by Crippen LogP contribution is 2.67. The second-order valence-electron chi connectivity index (χ2n) is 11.4. The lowest BCUT2D eigenvalue weighted by Gasteiger charge is -2.26. The molecule has 2 heterocycles. The van der Waals surface area contributed by atoms with Crippen molar-refractivity contribution >= 4 is 82.4 Å². The van der Waals surface area contributed by atoms with Gasteiger partial charge in [0, 0.05) is 52.2 Å². The first kappa shape index (κ1) is 31.2. The zero-order valence-corrected chi connectivity index (χ0v) is 26.7. The van der Waals surface area contributed by atoms with Crippen LogP contribution in [-0.2, 0) is 9.53 Å². The molecule has 0 bridgehead atoms. The van der Waals surface area contributed by atoms with E-state index < -0.39 is 34.9 Å². The molecule has 0 saturated carbocycles. The van der Waals surface area contributed by atoms with Crippen molar-refractivity contribution in [3.63, 3.8) is 0 Å². The van der Waals surface area contributed by atoms with Crippen molar-refractivity contribution in [2.75, 3.05) is 7.11 Å². The van der Waals surface area contributed by atoms with E-state index in [-0.39, 0.29) is 37.2 Å². The number of aryl methyl sites for hydroxylation is 2. The maximum absolute atomic E-state index is 15.9. The number of hydrogen-bond acceptors (Lipinski definition) is 4. The SMILES string of the molecule is COC(=O)/C(=C\c1ccc2c(C3=C(c4c(C)sc5ccccc45)C(F)(F)C(F)(F)C3(F)F)c(C)sc2c1)c1cccc2ccccc12. The number of methoxy groups -OCH3 is 1. The van der Waals surface area contributed by atoms with Gasteiger partial charge in [-0.05, 0) is 54.0 Å². The predicted molar refractivity (Wildman–Crippen MR) is 179 cm³/mol. The van der Waals surface area contributed by atoms with Crippen LogP contribution in [0.1, 0.15) is 32.0 Å². The van der Waals surface area contributed by atoms with E-state index in [0.29, 0.717) is 20.5 Å². The molecule has 1 aliphatic carbocycles. The molecule has 238 valence electrons. The van der Waals surface area contributed by atoms with Gasteiger partial charge < -0.3 is 4.74 Å². The second-order valence-corrected chi connectivity index (χ2v) is 13.9. The van der Waals surface area contributed by atoms with Crippen LogP contribution >= 0.6 is 22.7 Å². The maximum atomic E-state index is 15.9. The highest BCUT2D eigenvalue weighted by molar-refractivity contribution is 7.19. The van der Waals surface area contributed by atoms with Crippen LogP contribution < -0.4 is 0 Å². The van der Waals surface area contributed by atoms with Gasteiger partial charge >= 0.3 is 23.7 Å². The molecule has 0 amide bonds. The van der Waals surface area contributed by atoms with E-state index in [4.69, 9.17) is 4.74 Å². The first-order valence-corrected chi connectivity index (χ1v) is 16.1. The zero-order chi connectivity index (χ0) is 33.5. The normalized spacial score (nSPS) is 17.3. The van der Waals surface area contributed by atoms with Gasteiger partial charge in [-0.2, -0.15) is 26.3 Å². The Morgan fingerprint density at radius 3 is 1.89 bits per heavy atom. The third kappa shape index (κ3) is 4.48. The van der Waals surface area contributed by atoms with Crippen LogP contribution in [0.4, 0.5) is 26.3 Å². The van der Waals surface area contributed by atoms with E-state index in [2.05, 4.69) is 0 Å². The molecule has 7 rings (SSSR count). The summed E-state index contributed by atoms with van der Waals surface area (Å²) in [5.41, 5.74) is -1.99. The van der Waals surface area contributed by atoms with Crippen molar-refractivity contribution in [2.45, 2.75) is 31.6 Å². The highest BCUT2D eigenvalue weighted by atomic mass is 32.1. The lowest BCUT2D eigenvalue weighted by Crippen LogP contribution is -2.48. The summed E-state index contributed by atoms with van der Waals surface area (Å²) in [4.78, 5) is 13.4. The van der Waals surface area contributed by atoms with Crippen LogP contribution in [0.3, 0.4) is 0 Å². The van der Waals surface area contributed by atoms with Gasteiger partial charge in [0.1, 0.15) is 0 Å². The first-order valence-electron chi connectivity index (χ1n) is 14.5. The Labute approximate surface area is 273 Å². The summed E-state index contributed by atoms with van der Waals surface area (Å²) in [6.07, 6.45) is 1.60. The largest absolute Gasteiger partial charge is 0.465 e. The molecule has 47 heavy (non-hydrogen) atoms. The van der Waals surface area contributed by atoms with E-state index in [1.807, 2.05) is 36.4 Å². The van der Waals surface area contributed by atoms with Gasteiger partial charge in [-0.25, -0.2) is 4.79 Å². The van der Waals surface area contributed by atoms with Crippen molar-refractivity contribution in [2.24, 2.45) is 0 Å². The predicted octanol–water partition coefficient (Wildman–Crippen LogP) is 11.4. The Morgan fingerprint density at radius 2 is 1.23 bits per heavy atom. The van der Waals surface area contributed by atoms with Crippen molar-refractivity contribution in [3.8, 4) is 0 Å². The van der Waals surface area contributed by atoms with Gasteiger partial charge in [-0.3, -0.25) is 0 Å². The summed E-state index contributed by atoms with van der Waals surface area (Å²) < 4.78 is 99.8. The average molecular weight is 679 g/mol. The summed E-state index contributed by atoms with van der Waals surface area (Å²) >= 11 is 2.11. The molecule has 4 aromatic carbocycles. The Bertz CT molecular complexity index is 2320. The number of thiophene rings is 2. The van der Waals surface area contributed by atoms with Crippen LogP contribution in [0, 0.1) is 13.8 Å². The van der Waals surface area contributed by atoms with E-state index in [1.165, 1.54) is 33.1 Å². The summed E-state index contributed by atoms with van der Waals surface area (Å²) in [6.45, 7) is 2.93. The minimum Gasteiger partial charge on any atom is -0.465 e. The topological polar surface area (TPSA) is 26.3 Å². The molecule has 0 N–H and O–H groups in total. The van der Waals surface area contributed by atoms with Crippen LogP contribution in [0.25, 0.3) is 53.7 Å². The second kappa shape index (κ2) is 10.8. The van der Waals surface area contributed by atoms with E-state index in [1.54, 1.807) is 42.5 Å². The molecule has 0 unspecified atom stereocenters. The number of hydrogen-bond donors (Lipinski definition) is 0. The van der Waals surface area contributed by atoms with E-state index in [9.17, 15) is 4.79 Å². The summed E-state index contributed by atoms with van der Waals surface area (Å²) in [6, 6.07) is 24.0. The summed E-state index contributed by atoms with van der Waals surface area (Å²) in [5, 5.41) is 2.05. The fourth-order valence-corrected chi connectivity index (χ4v) is 8.68. The Morgan fingerprint density at radius 1 is 0.681 bits per heavy atom. The maximum Gasteiger partial charge on any atom is 0.380 e. The first-order chi connectivity index (χ1) is 22.3. The lowest BCUT2D eigenvalue weighted by molar-refractivity contribution is -0.254. The van der Waals surface area contributed by atoms with Gasteiger partial charge in [0.15, 0.2) is 0 Å². The van der Waals surface area contributed by atoms with Crippen LogP contribution in [0.2, 0.25) is 0 Å². The molecule has 2 nitrogen and oxygen atoms in total. The van der Waals surface area contributed by atoms with E-state index in [0.717, 1.165) is 33.4 Å². The highest BCUT2D eigenvalue weighted by Gasteiger charge is 2.80. The minimum absolute atomic E-state index is 0.132. The number of carbonyl (C=O) groups excluding carboxylic acids is 1. The number of alkyl halides is 6. The summed E-state index contributed by atoms with van der Waals surface area (Å²) in [7, 11) is 1.26. The molecule has 0 fully saturated rings. The van der Waals surface area contributed by atoms with Crippen molar-refractivity contribution < 1.29 is 35.9 Å². The lowest BCUT2D eigenvalue weighted by atomic mass is 9.91. The zero-order valence-electron chi connectivity index (χ0n) is 25.1. The number of carbonyl (C=O) groups is 1. The van der Waals surface area contributed by atoms with Crippen LogP contribution in [-0.4, -0.2) is 30.8 Å². The molecular weight excluding hydrogens is 655 g/mol. The molecule has 0 aliphatic heterocycles. The smallest absolute Gasteiger partial charge is 0.380 e. The molecule has 0 radical (unpaired) electrons. The molecule has 2 aromatic heterocycles. The fraction of sp³-hybridized carbons (Fsp3) is 0.162. The molecular formula is C37H24F6O2S2. The van der Waals surface area contributed by atoms with Gasteiger partial charge in [-0.1, -0.05) is 72.8 Å². The van der Waals surface area contributed by atoms with Crippen molar-refractivity contribution in [1.29, 1.82) is 0 Å². The number of ether oxygens (including phenoxy) is 1. The Hall–Kier alpha value is -4.41. The van der Waals surface area contributed by atoms with Gasteiger partial charge in [0.2, 0.25) is 0 Å². The standard InChI is InChI=1S/C37H24F6O2S2/c1-19-30(25-12-6-7-14-28(25)46-19)32-33(36(40,41)37(42,43)35(32,38)39)31-20(2)47-29-18-21(15-16-26(29)31)17-27(34(44)45-3)24-13-8-10-22-9-4-5-11-23(22)24/h4-18H,1-3H3/b27-17-. The van der Waals surface area contributed by atoms with Gasteiger partial charge in [-0.15, -0.1) is 22.7 Å². The monoisotopic (exact) mass is 678 g/mol. The van der Waals surface area contributed by atoms with Crippen LogP contribution in [0.15, 0.2) is 84.9 Å². The number of allylic oxidation sites excluding steroid dienone is 2. The van der Waals surface area contributed by atoms with Crippen molar-refractivity contribution in [3.05, 3.63) is 117 Å². The number of benzene rings is 4. The number of esters is 1. The third-order valence-corrected chi connectivity index (χ3v) is 10.8. The molecule has 1 aliphatic rings. The third-order valence-electron chi connectivity index (χ3n) is 8.62.